The van der Waals surface area contributed by atoms with Gasteiger partial charge in [-0.1, -0.05) is 12.7 Å². The molecule has 1 aliphatic heterocycles. The van der Waals surface area contributed by atoms with E-state index in [9.17, 15) is 4.79 Å². The van der Waals surface area contributed by atoms with Gasteiger partial charge in [0.25, 0.3) is 0 Å². The van der Waals surface area contributed by atoms with Gasteiger partial charge in [0, 0.05) is 24.2 Å². The van der Waals surface area contributed by atoms with Crippen LogP contribution in [0.2, 0.25) is 0 Å². The Morgan fingerprint density at radius 3 is 3.11 bits per heavy atom. The number of ether oxygens (including phenoxy) is 2. The van der Waals surface area contributed by atoms with Crippen LogP contribution < -0.4 is 4.74 Å². The van der Waals surface area contributed by atoms with Crippen molar-refractivity contribution in [1.82, 2.24) is 9.88 Å². The number of carbonyl (C=O) groups is 1. The first-order valence-corrected chi connectivity index (χ1v) is 6.24. The summed E-state index contributed by atoms with van der Waals surface area (Å²) >= 11 is 0. The summed E-state index contributed by atoms with van der Waals surface area (Å²) in [5.41, 5.74) is 0.853. The summed E-state index contributed by atoms with van der Waals surface area (Å²) in [7, 11) is 1.39. The van der Waals surface area contributed by atoms with Crippen molar-refractivity contribution in [2.75, 3.05) is 13.7 Å². The first-order valence-electron chi connectivity index (χ1n) is 6.24. The third-order valence-corrected chi connectivity index (χ3v) is 3.24. The van der Waals surface area contributed by atoms with Crippen LogP contribution in [0.3, 0.4) is 0 Å². The van der Waals surface area contributed by atoms with E-state index in [-0.39, 0.29) is 18.2 Å². The number of aromatic nitrogens is 1. The number of amides is 1. The Labute approximate surface area is 112 Å². The molecule has 1 aliphatic rings. The molecule has 1 saturated heterocycles. The minimum absolute atomic E-state index is 0.0669. The summed E-state index contributed by atoms with van der Waals surface area (Å²) in [4.78, 5) is 17.4. The molecule has 2 atom stereocenters. The Morgan fingerprint density at radius 2 is 2.42 bits per heavy atom. The van der Waals surface area contributed by atoms with Gasteiger partial charge in [0.15, 0.2) is 0 Å². The van der Waals surface area contributed by atoms with Gasteiger partial charge in [-0.25, -0.2) is 9.78 Å². The first-order chi connectivity index (χ1) is 9.15. The molecule has 5 heteroatoms. The predicted octanol–water partition coefficient (Wildman–Crippen LogP) is 2.33. The van der Waals surface area contributed by atoms with Crippen molar-refractivity contribution in [2.24, 2.45) is 0 Å². The highest BCUT2D eigenvalue weighted by atomic mass is 16.5. The van der Waals surface area contributed by atoms with E-state index in [0.717, 1.165) is 12.0 Å². The molecule has 2 heterocycles. The van der Waals surface area contributed by atoms with Crippen molar-refractivity contribution in [3.63, 3.8) is 0 Å². The van der Waals surface area contributed by atoms with E-state index in [1.165, 1.54) is 7.11 Å². The van der Waals surface area contributed by atoms with Gasteiger partial charge in [-0.15, -0.1) is 0 Å². The van der Waals surface area contributed by atoms with Crippen LogP contribution in [0, 0.1) is 0 Å². The van der Waals surface area contributed by atoms with Crippen LogP contribution in [0.1, 0.15) is 18.9 Å². The van der Waals surface area contributed by atoms with E-state index in [2.05, 4.69) is 11.6 Å². The molecular formula is C14H18N2O3. The smallest absolute Gasteiger partial charge is 0.409 e. The molecule has 102 valence electrons. The average molecular weight is 262 g/mol. The number of methoxy groups -OCH3 is 1. The van der Waals surface area contributed by atoms with E-state index in [1.807, 2.05) is 19.1 Å². The van der Waals surface area contributed by atoms with Crippen LogP contribution in [0.5, 0.6) is 5.88 Å². The lowest BCUT2D eigenvalue weighted by Crippen LogP contribution is -2.34. The van der Waals surface area contributed by atoms with Gasteiger partial charge in [-0.05, 0) is 19.1 Å². The number of rotatable bonds is 3. The van der Waals surface area contributed by atoms with Crippen LogP contribution in [-0.2, 0) is 4.74 Å². The number of carbonyl (C=O) groups excluding carboxylic acids is 1. The minimum Gasteiger partial charge on any atom is -0.472 e. The molecule has 0 radical (unpaired) electrons. The molecule has 0 saturated carbocycles. The molecule has 1 fully saturated rings. The molecule has 0 aromatic carbocycles. The van der Waals surface area contributed by atoms with Crippen molar-refractivity contribution in [1.29, 1.82) is 0 Å². The van der Waals surface area contributed by atoms with E-state index in [0.29, 0.717) is 12.4 Å². The summed E-state index contributed by atoms with van der Waals surface area (Å²) in [5, 5.41) is 0. The summed E-state index contributed by atoms with van der Waals surface area (Å²) in [5.74, 6) is 0.557. The Hall–Kier alpha value is -2.04. The number of likely N-dealkylation sites (tertiary alicyclic amines) is 1. The lowest BCUT2D eigenvalue weighted by molar-refractivity contribution is 0.116. The maximum Gasteiger partial charge on any atom is 0.409 e. The fraction of sp³-hybridized carbons (Fsp3) is 0.429. The average Bonchev–Trinajstić information content (AvgIpc) is 2.79. The standard InChI is InChI=1S/C14H18N2O3/c1-4-11-6-5-7-15-13(11)19-12-8-10(2)16(9-12)14(17)18-3/h4-7,10,12H,1,8-9H2,2-3H3/t10-,12-/m1/s1. The Kier molecular flexibility index (Phi) is 4.04. The summed E-state index contributed by atoms with van der Waals surface area (Å²) in [6.07, 6.45) is 3.77. The zero-order chi connectivity index (χ0) is 13.8. The van der Waals surface area contributed by atoms with Crippen LogP contribution >= 0.6 is 0 Å². The van der Waals surface area contributed by atoms with Gasteiger partial charge in [0.2, 0.25) is 5.88 Å². The number of nitrogens with zero attached hydrogens (tertiary/aromatic N) is 2. The maximum atomic E-state index is 11.6. The van der Waals surface area contributed by atoms with Gasteiger partial charge < -0.3 is 14.4 Å². The third-order valence-electron chi connectivity index (χ3n) is 3.24. The molecule has 1 aromatic rings. The normalized spacial score (nSPS) is 22.1. The summed E-state index contributed by atoms with van der Waals surface area (Å²) in [6.45, 7) is 6.23. The molecular weight excluding hydrogens is 244 g/mol. The molecule has 0 N–H and O–H groups in total. The fourth-order valence-electron chi connectivity index (χ4n) is 2.25. The van der Waals surface area contributed by atoms with E-state index >= 15 is 0 Å². The highest BCUT2D eigenvalue weighted by Gasteiger charge is 2.34. The molecule has 1 amide bonds. The first kappa shape index (κ1) is 13.4. The van der Waals surface area contributed by atoms with Crippen molar-refractivity contribution in [2.45, 2.75) is 25.5 Å². The van der Waals surface area contributed by atoms with Gasteiger partial charge in [-0.2, -0.15) is 0 Å². The minimum atomic E-state index is -0.316. The Bertz CT molecular complexity index is 476. The molecule has 0 aliphatic carbocycles. The second kappa shape index (κ2) is 5.73. The molecule has 19 heavy (non-hydrogen) atoms. The van der Waals surface area contributed by atoms with Crippen molar-refractivity contribution >= 4 is 12.2 Å². The van der Waals surface area contributed by atoms with Gasteiger partial charge in [0.1, 0.15) is 6.10 Å². The SMILES string of the molecule is C=Cc1cccnc1O[C@@H]1C[C@@H](C)N(C(=O)OC)C1. The Balaban J connectivity index is 2.05. The maximum absolute atomic E-state index is 11.6. The number of hydrogen-bond donors (Lipinski definition) is 0. The molecule has 1 aromatic heterocycles. The lowest BCUT2D eigenvalue weighted by Gasteiger charge is -2.19. The third kappa shape index (κ3) is 2.86. The zero-order valence-electron chi connectivity index (χ0n) is 11.2. The van der Waals surface area contributed by atoms with Crippen LogP contribution in [0.15, 0.2) is 24.9 Å². The highest BCUT2D eigenvalue weighted by molar-refractivity contribution is 5.68. The fourth-order valence-corrected chi connectivity index (χ4v) is 2.25. The van der Waals surface area contributed by atoms with Gasteiger partial charge in [-0.3, -0.25) is 0 Å². The molecule has 0 bridgehead atoms. The second-order valence-electron chi connectivity index (χ2n) is 4.55. The molecule has 0 unspecified atom stereocenters. The van der Waals surface area contributed by atoms with Gasteiger partial charge >= 0.3 is 6.09 Å². The summed E-state index contributed by atoms with van der Waals surface area (Å²) in [6, 6.07) is 3.83. The van der Waals surface area contributed by atoms with Crippen molar-refractivity contribution < 1.29 is 14.3 Å². The zero-order valence-corrected chi connectivity index (χ0v) is 11.2. The predicted molar refractivity (Wildman–Crippen MR) is 71.9 cm³/mol. The van der Waals surface area contributed by atoms with Crippen LogP contribution in [0.25, 0.3) is 6.08 Å². The molecule has 0 spiro atoms. The van der Waals surface area contributed by atoms with Crippen molar-refractivity contribution in [3.05, 3.63) is 30.5 Å². The monoisotopic (exact) mass is 262 g/mol. The number of pyridine rings is 1. The van der Waals surface area contributed by atoms with Crippen LogP contribution in [-0.4, -0.2) is 41.8 Å². The van der Waals surface area contributed by atoms with Crippen molar-refractivity contribution in [3.8, 4) is 5.88 Å². The lowest BCUT2D eigenvalue weighted by atomic mass is 10.2. The largest absolute Gasteiger partial charge is 0.472 e. The van der Waals surface area contributed by atoms with E-state index in [4.69, 9.17) is 9.47 Å². The summed E-state index contributed by atoms with van der Waals surface area (Å²) < 4.78 is 10.6. The second-order valence-corrected chi connectivity index (χ2v) is 4.55. The van der Waals surface area contributed by atoms with Crippen LogP contribution in [0.4, 0.5) is 4.79 Å². The van der Waals surface area contributed by atoms with Gasteiger partial charge in [0.05, 0.1) is 13.7 Å². The highest BCUT2D eigenvalue weighted by Crippen LogP contribution is 2.24. The molecule has 2 rings (SSSR count). The number of hydrogen-bond acceptors (Lipinski definition) is 4. The van der Waals surface area contributed by atoms with E-state index in [1.54, 1.807) is 17.2 Å². The quantitative estimate of drug-likeness (QED) is 0.839. The van der Waals surface area contributed by atoms with E-state index < -0.39 is 0 Å². The topological polar surface area (TPSA) is 51.7 Å². The Morgan fingerprint density at radius 1 is 1.63 bits per heavy atom. The molecule has 5 nitrogen and oxygen atoms in total.